The number of nitrogens with zero attached hydrogens (tertiary/aromatic N) is 1. The van der Waals surface area contributed by atoms with E-state index in [9.17, 15) is 4.79 Å². The summed E-state index contributed by atoms with van der Waals surface area (Å²) in [5.74, 6) is 0.924. The van der Waals surface area contributed by atoms with E-state index in [1.165, 1.54) is 12.8 Å². The lowest BCUT2D eigenvalue weighted by Gasteiger charge is -2.28. The minimum absolute atomic E-state index is 0.115. The fourth-order valence-corrected chi connectivity index (χ4v) is 2.67. The van der Waals surface area contributed by atoms with Crippen LogP contribution in [0.2, 0.25) is 0 Å². The first-order chi connectivity index (χ1) is 9.15. The third-order valence-electron chi connectivity index (χ3n) is 3.99. The number of aliphatic hydroxyl groups is 1. The van der Waals surface area contributed by atoms with Crippen molar-refractivity contribution in [3.63, 3.8) is 0 Å². The van der Waals surface area contributed by atoms with Gasteiger partial charge >= 0.3 is 0 Å². The van der Waals surface area contributed by atoms with E-state index in [1.807, 2.05) is 4.90 Å². The van der Waals surface area contributed by atoms with Gasteiger partial charge in [0.2, 0.25) is 5.91 Å². The van der Waals surface area contributed by atoms with Gasteiger partial charge in [-0.15, -0.1) is 0 Å². The molecule has 2 N–H and O–H groups in total. The number of unbranched alkanes of at least 4 members (excludes halogenated alkanes) is 1. The van der Waals surface area contributed by atoms with Gasteiger partial charge in [0.05, 0.1) is 13.2 Å². The average molecular weight is 270 g/mol. The van der Waals surface area contributed by atoms with Crippen LogP contribution in [-0.2, 0) is 4.79 Å². The monoisotopic (exact) mass is 270 g/mol. The fourth-order valence-electron chi connectivity index (χ4n) is 2.67. The average Bonchev–Trinajstić information content (AvgIpc) is 2.39. The number of carbonyl (C=O) groups is 1. The summed E-state index contributed by atoms with van der Waals surface area (Å²) >= 11 is 0. The van der Waals surface area contributed by atoms with Crippen molar-refractivity contribution in [1.29, 1.82) is 0 Å². The quantitative estimate of drug-likeness (QED) is 0.707. The molecule has 4 nitrogen and oxygen atoms in total. The molecule has 1 saturated carbocycles. The molecule has 0 heterocycles. The van der Waals surface area contributed by atoms with Crippen molar-refractivity contribution in [1.82, 2.24) is 10.2 Å². The topological polar surface area (TPSA) is 52.6 Å². The number of hydrogen-bond acceptors (Lipinski definition) is 3. The van der Waals surface area contributed by atoms with E-state index >= 15 is 0 Å². The van der Waals surface area contributed by atoms with Crippen LogP contribution in [0, 0.1) is 5.92 Å². The third kappa shape index (κ3) is 6.92. The Morgan fingerprint density at radius 3 is 2.53 bits per heavy atom. The summed E-state index contributed by atoms with van der Waals surface area (Å²) in [6, 6.07) is 0.367. The van der Waals surface area contributed by atoms with E-state index in [0.717, 1.165) is 38.1 Å². The second-order valence-corrected chi connectivity index (χ2v) is 5.88. The maximum atomic E-state index is 12.0. The second kappa shape index (κ2) is 9.32. The fraction of sp³-hybridized carbons (Fsp3) is 0.933. The van der Waals surface area contributed by atoms with Gasteiger partial charge in [-0.25, -0.2) is 0 Å². The molecular formula is C15H30N2O2. The van der Waals surface area contributed by atoms with E-state index < -0.39 is 0 Å². The zero-order valence-corrected chi connectivity index (χ0v) is 12.5. The standard InChI is InChI=1S/C15H30N2O2/c1-3-4-9-17(10-11-18)12-15(19)16-14-7-5-13(2)6-8-14/h13-14,18H,3-12H2,1-2H3,(H,16,19). The van der Waals surface area contributed by atoms with Crippen molar-refractivity contribution in [3.05, 3.63) is 0 Å². The molecule has 0 radical (unpaired) electrons. The molecule has 19 heavy (non-hydrogen) atoms. The number of amides is 1. The van der Waals surface area contributed by atoms with Crippen molar-refractivity contribution < 1.29 is 9.90 Å². The number of aliphatic hydroxyl groups excluding tert-OH is 1. The van der Waals surface area contributed by atoms with Crippen LogP contribution in [0.5, 0.6) is 0 Å². The SMILES string of the molecule is CCCCN(CCO)CC(=O)NC1CCC(C)CC1. The van der Waals surface area contributed by atoms with Gasteiger partial charge in [-0.2, -0.15) is 0 Å². The van der Waals surface area contributed by atoms with E-state index in [2.05, 4.69) is 19.2 Å². The first-order valence-electron chi connectivity index (χ1n) is 7.78. The molecule has 4 heteroatoms. The zero-order valence-electron chi connectivity index (χ0n) is 12.5. The molecule has 0 spiro atoms. The van der Waals surface area contributed by atoms with Crippen molar-refractivity contribution in [2.75, 3.05) is 26.2 Å². The lowest BCUT2D eigenvalue weighted by molar-refractivity contribution is -0.123. The van der Waals surface area contributed by atoms with Gasteiger partial charge in [0, 0.05) is 12.6 Å². The van der Waals surface area contributed by atoms with Gasteiger partial charge in [0.1, 0.15) is 0 Å². The summed E-state index contributed by atoms with van der Waals surface area (Å²) in [7, 11) is 0. The van der Waals surface area contributed by atoms with Crippen LogP contribution >= 0.6 is 0 Å². The summed E-state index contributed by atoms with van der Waals surface area (Å²) in [6.45, 7) is 6.46. The normalized spacial score (nSPS) is 23.6. The largest absolute Gasteiger partial charge is 0.395 e. The Hall–Kier alpha value is -0.610. The molecule has 0 aromatic heterocycles. The minimum Gasteiger partial charge on any atom is -0.395 e. The van der Waals surface area contributed by atoms with Crippen LogP contribution in [0.25, 0.3) is 0 Å². The molecule has 112 valence electrons. The van der Waals surface area contributed by atoms with Gasteiger partial charge in [0.15, 0.2) is 0 Å². The predicted molar refractivity (Wildman–Crippen MR) is 78.0 cm³/mol. The molecule has 1 amide bonds. The van der Waals surface area contributed by atoms with Crippen molar-refractivity contribution >= 4 is 5.91 Å². The van der Waals surface area contributed by atoms with Gasteiger partial charge < -0.3 is 10.4 Å². The Kier molecular flexibility index (Phi) is 8.07. The lowest BCUT2D eigenvalue weighted by atomic mass is 9.87. The van der Waals surface area contributed by atoms with Crippen LogP contribution in [0.3, 0.4) is 0 Å². The van der Waals surface area contributed by atoms with E-state index in [-0.39, 0.29) is 12.5 Å². The van der Waals surface area contributed by atoms with E-state index in [1.54, 1.807) is 0 Å². The van der Waals surface area contributed by atoms with Crippen LogP contribution in [0.4, 0.5) is 0 Å². The van der Waals surface area contributed by atoms with Crippen LogP contribution in [0.1, 0.15) is 52.4 Å². The summed E-state index contributed by atoms with van der Waals surface area (Å²) in [5.41, 5.74) is 0. The summed E-state index contributed by atoms with van der Waals surface area (Å²) in [5, 5.41) is 12.2. The molecule has 1 rings (SSSR count). The highest BCUT2D eigenvalue weighted by Gasteiger charge is 2.20. The number of carbonyl (C=O) groups excluding carboxylic acids is 1. The maximum Gasteiger partial charge on any atom is 0.234 e. The van der Waals surface area contributed by atoms with Gasteiger partial charge in [0.25, 0.3) is 0 Å². The first-order valence-corrected chi connectivity index (χ1v) is 7.78. The number of nitrogens with one attached hydrogen (secondary N) is 1. The molecule has 1 fully saturated rings. The number of rotatable bonds is 8. The van der Waals surface area contributed by atoms with Gasteiger partial charge in [-0.1, -0.05) is 20.3 Å². The Morgan fingerprint density at radius 2 is 1.95 bits per heavy atom. The third-order valence-corrected chi connectivity index (χ3v) is 3.99. The molecule has 0 saturated heterocycles. The van der Waals surface area contributed by atoms with Crippen LogP contribution in [0.15, 0.2) is 0 Å². The Balaban J connectivity index is 2.27. The molecule has 1 aliphatic carbocycles. The summed E-state index contributed by atoms with van der Waals surface area (Å²) in [4.78, 5) is 14.1. The van der Waals surface area contributed by atoms with Crippen molar-refractivity contribution in [2.45, 2.75) is 58.4 Å². The Bertz CT molecular complexity index is 251. The van der Waals surface area contributed by atoms with Crippen molar-refractivity contribution in [3.8, 4) is 0 Å². The minimum atomic E-state index is 0.115. The second-order valence-electron chi connectivity index (χ2n) is 5.88. The highest BCUT2D eigenvalue weighted by atomic mass is 16.3. The van der Waals surface area contributed by atoms with E-state index in [0.29, 0.717) is 19.1 Å². The highest BCUT2D eigenvalue weighted by Crippen LogP contribution is 2.23. The molecule has 0 unspecified atom stereocenters. The van der Waals surface area contributed by atoms with Gasteiger partial charge in [-0.3, -0.25) is 9.69 Å². The maximum absolute atomic E-state index is 12.0. The zero-order chi connectivity index (χ0) is 14.1. The molecule has 0 bridgehead atoms. The Morgan fingerprint density at radius 1 is 1.26 bits per heavy atom. The molecule has 0 aromatic carbocycles. The van der Waals surface area contributed by atoms with Crippen LogP contribution in [-0.4, -0.2) is 48.2 Å². The predicted octanol–water partition coefficient (Wildman–Crippen LogP) is 1.78. The smallest absolute Gasteiger partial charge is 0.234 e. The van der Waals surface area contributed by atoms with Crippen LogP contribution < -0.4 is 5.32 Å². The van der Waals surface area contributed by atoms with E-state index in [4.69, 9.17) is 5.11 Å². The first kappa shape index (κ1) is 16.4. The molecule has 0 atom stereocenters. The lowest BCUT2D eigenvalue weighted by Crippen LogP contribution is -2.44. The summed E-state index contributed by atoms with van der Waals surface area (Å²) < 4.78 is 0. The van der Waals surface area contributed by atoms with Crippen molar-refractivity contribution in [2.24, 2.45) is 5.92 Å². The Labute approximate surface area is 117 Å². The van der Waals surface area contributed by atoms with Gasteiger partial charge in [-0.05, 0) is 44.6 Å². The number of hydrogen-bond donors (Lipinski definition) is 2. The highest BCUT2D eigenvalue weighted by molar-refractivity contribution is 5.78. The molecule has 0 aliphatic heterocycles. The molecular weight excluding hydrogens is 240 g/mol. The summed E-state index contributed by atoms with van der Waals surface area (Å²) in [6.07, 6.45) is 6.87. The molecule has 0 aromatic rings. The molecule has 1 aliphatic rings.